The van der Waals surface area contributed by atoms with Gasteiger partial charge < -0.3 is 10.4 Å². The van der Waals surface area contributed by atoms with E-state index in [2.05, 4.69) is 10.3 Å². The van der Waals surface area contributed by atoms with Gasteiger partial charge in [0.2, 0.25) is 0 Å². The van der Waals surface area contributed by atoms with Crippen molar-refractivity contribution in [3.05, 3.63) is 51.2 Å². The molecule has 98 valence electrons. The molecule has 2 aromatic rings. The number of amides is 1. The molecule has 0 aliphatic rings. The summed E-state index contributed by atoms with van der Waals surface area (Å²) in [7, 11) is 0. The number of halogens is 3. The van der Waals surface area contributed by atoms with Gasteiger partial charge in [-0.15, -0.1) is 0 Å². The third kappa shape index (κ3) is 3.29. The van der Waals surface area contributed by atoms with E-state index in [1.165, 1.54) is 30.3 Å². The molecule has 1 aromatic heterocycles. The summed E-state index contributed by atoms with van der Waals surface area (Å²) in [4.78, 5) is 15.7. The maximum absolute atomic E-state index is 12.0. The third-order valence-corrected chi connectivity index (χ3v) is 3.07. The van der Waals surface area contributed by atoms with Crippen LogP contribution in [0.3, 0.4) is 0 Å². The summed E-state index contributed by atoms with van der Waals surface area (Å²) < 4.78 is 0. The van der Waals surface area contributed by atoms with Gasteiger partial charge in [0.25, 0.3) is 5.91 Å². The number of phenols is 1. The van der Waals surface area contributed by atoms with Gasteiger partial charge in [-0.2, -0.15) is 0 Å². The summed E-state index contributed by atoms with van der Waals surface area (Å²) in [5.41, 5.74) is 0.620. The number of carbonyl (C=O) groups is 1. The van der Waals surface area contributed by atoms with Crippen molar-refractivity contribution in [1.82, 2.24) is 4.98 Å². The number of aromatic hydroxyl groups is 1. The second-order valence-electron chi connectivity index (χ2n) is 3.59. The molecule has 1 heterocycles. The predicted molar refractivity (Wildman–Crippen MR) is 75.3 cm³/mol. The van der Waals surface area contributed by atoms with E-state index in [-0.39, 0.29) is 26.6 Å². The van der Waals surface area contributed by atoms with Gasteiger partial charge in [0.05, 0.1) is 10.6 Å². The van der Waals surface area contributed by atoms with Gasteiger partial charge in [0, 0.05) is 5.69 Å². The summed E-state index contributed by atoms with van der Waals surface area (Å²) in [5.74, 6) is -0.512. The Balaban J connectivity index is 2.23. The molecule has 4 nitrogen and oxygen atoms in total. The van der Waals surface area contributed by atoms with E-state index in [9.17, 15) is 9.90 Å². The normalized spacial score (nSPS) is 10.3. The molecule has 0 spiro atoms. The first-order valence-electron chi connectivity index (χ1n) is 5.09. The molecule has 0 unspecified atom stereocenters. The van der Waals surface area contributed by atoms with Gasteiger partial charge in [-0.1, -0.05) is 34.8 Å². The van der Waals surface area contributed by atoms with Crippen LogP contribution >= 0.6 is 34.8 Å². The topological polar surface area (TPSA) is 62.2 Å². The molecule has 0 aliphatic heterocycles. The Hall–Kier alpha value is -1.49. The van der Waals surface area contributed by atoms with Gasteiger partial charge in [-0.25, -0.2) is 4.98 Å². The minimum atomic E-state index is -0.448. The highest BCUT2D eigenvalue weighted by atomic mass is 35.5. The number of pyridine rings is 1. The lowest BCUT2D eigenvalue weighted by atomic mass is 10.2. The molecule has 0 saturated heterocycles. The van der Waals surface area contributed by atoms with E-state index in [1.54, 1.807) is 0 Å². The van der Waals surface area contributed by atoms with Crippen LogP contribution in [0.4, 0.5) is 5.69 Å². The van der Waals surface area contributed by atoms with Crippen molar-refractivity contribution in [1.29, 1.82) is 0 Å². The molecule has 0 bridgehead atoms. The predicted octanol–water partition coefficient (Wildman–Crippen LogP) is 4.00. The van der Waals surface area contributed by atoms with Crippen LogP contribution in [0.15, 0.2) is 30.3 Å². The molecule has 0 radical (unpaired) electrons. The number of nitrogens with zero attached hydrogens (tertiary/aromatic N) is 1. The van der Waals surface area contributed by atoms with Crippen molar-refractivity contribution in [3.8, 4) is 5.75 Å². The maximum Gasteiger partial charge on any atom is 0.258 e. The number of hydrogen-bond acceptors (Lipinski definition) is 3. The molecular weight excluding hydrogens is 311 g/mol. The van der Waals surface area contributed by atoms with E-state index < -0.39 is 5.91 Å². The largest absolute Gasteiger partial charge is 0.506 e. The van der Waals surface area contributed by atoms with Crippen LogP contribution in [0.2, 0.25) is 15.3 Å². The zero-order valence-corrected chi connectivity index (χ0v) is 11.6. The fourth-order valence-corrected chi connectivity index (χ4v) is 1.98. The average molecular weight is 318 g/mol. The average Bonchev–Trinajstić information content (AvgIpc) is 2.33. The van der Waals surface area contributed by atoms with Crippen LogP contribution in [-0.4, -0.2) is 16.0 Å². The maximum atomic E-state index is 12.0. The summed E-state index contributed by atoms with van der Waals surface area (Å²) in [6, 6.07) is 7.24. The summed E-state index contributed by atoms with van der Waals surface area (Å²) in [6.07, 6.45) is 0. The van der Waals surface area contributed by atoms with Crippen molar-refractivity contribution in [2.75, 3.05) is 5.32 Å². The van der Waals surface area contributed by atoms with Crippen LogP contribution in [0.1, 0.15) is 10.4 Å². The number of benzene rings is 1. The first-order valence-corrected chi connectivity index (χ1v) is 6.22. The molecule has 2 rings (SSSR count). The van der Waals surface area contributed by atoms with E-state index in [0.29, 0.717) is 5.69 Å². The fraction of sp³-hybridized carbons (Fsp3) is 0. The van der Waals surface area contributed by atoms with Crippen molar-refractivity contribution in [3.63, 3.8) is 0 Å². The monoisotopic (exact) mass is 316 g/mol. The molecule has 1 amide bonds. The minimum absolute atomic E-state index is 0.00914. The van der Waals surface area contributed by atoms with Crippen LogP contribution in [-0.2, 0) is 0 Å². The van der Waals surface area contributed by atoms with Gasteiger partial charge in [0.15, 0.2) is 0 Å². The molecule has 0 saturated carbocycles. The molecular formula is C12H7Cl3N2O2. The smallest absolute Gasteiger partial charge is 0.258 e. The number of nitrogens with one attached hydrogen (secondary N) is 1. The second-order valence-corrected chi connectivity index (χ2v) is 4.75. The van der Waals surface area contributed by atoms with E-state index in [0.717, 1.165) is 0 Å². The van der Waals surface area contributed by atoms with Crippen LogP contribution in [0.5, 0.6) is 5.75 Å². The first-order chi connectivity index (χ1) is 8.97. The third-order valence-electron chi connectivity index (χ3n) is 2.26. The van der Waals surface area contributed by atoms with E-state index >= 15 is 0 Å². The highest BCUT2D eigenvalue weighted by molar-refractivity contribution is 6.35. The number of anilines is 1. The van der Waals surface area contributed by atoms with Crippen molar-refractivity contribution in [2.45, 2.75) is 0 Å². The Kier molecular flexibility index (Phi) is 4.14. The van der Waals surface area contributed by atoms with Crippen LogP contribution < -0.4 is 5.32 Å². The van der Waals surface area contributed by atoms with Crippen molar-refractivity contribution < 1.29 is 9.90 Å². The Bertz CT molecular complexity index is 647. The number of aromatic nitrogens is 1. The molecule has 1 aromatic carbocycles. The molecule has 0 aliphatic carbocycles. The fourth-order valence-electron chi connectivity index (χ4n) is 1.36. The highest BCUT2D eigenvalue weighted by Gasteiger charge is 2.12. The Morgan fingerprint density at radius 1 is 1.16 bits per heavy atom. The number of phenolic OH excluding ortho intramolecular Hbond substituents is 1. The quantitative estimate of drug-likeness (QED) is 0.650. The Morgan fingerprint density at radius 3 is 2.53 bits per heavy atom. The first kappa shape index (κ1) is 13.9. The zero-order valence-electron chi connectivity index (χ0n) is 9.32. The molecule has 0 fully saturated rings. The second kappa shape index (κ2) is 5.65. The molecule has 19 heavy (non-hydrogen) atoms. The van der Waals surface area contributed by atoms with Gasteiger partial charge in [-0.05, 0) is 30.3 Å². The van der Waals surface area contributed by atoms with Crippen molar-refractivity contribution >= 4 is 46.4 Å². The standard InChI is InChI=1S/C12H7Cl3N2O2/c13-8-5-6(1-3-9(8)18)16-12(19)7-2-4-10(14)17-11(7)15/h1-5,18H,(H,16,19). The number of hydrogen-bond donors (Lipinski definition) is 2. The van der Waals surface area contributed by atoms with Gasteiger partial charge in [0.1, 0.15) is 16.1 Å². The van der Waals surface area contributed by atoms with E-state index in [1.807, 2.05) is 0 Å². The summed E-state index contributed by atoms with van der Waals surface area (Å²) >= 11 is 17.2. The van der Waals surface area contributed by atoms with Crippen LogP contribution in [0.25, 0.3) is 0 Å². The van der Waals surface area contributed by atoms with Crippen LogP contribution in [0, 0.1) is 0 Å². The lowest BCUT2D eigenvalue weighted by Gasteiger charge is -2.07. The molecule has 2 N–H and O–H groups in total. The van der Waals surface area contributed by atoms with E-state index in [4.69, 9.17) is 34.8 Å². The molecule has 7 heteroatoms. The highest BCUT2D eigenvalue weighted by Crippen LogP contribution is 2.26. The van der Waals surface area contributed by atoms with Crippen molar-refractivity contribution in [2.24, 2.45) is 0 Å². The Labute approximate surface area is 123 Å². The molecule has 0 atom stereocenters. The number of carbonyl (C=O) groups excluding carboxylic acids is 1. The SMILES string of the molecule is O=C(Nc1ccc(O)c(Cl)c1)c1ccc(Cl)nc1Cl. The minimum Gasteiger partial charge on any atom is -0.506 e. The summed E-state index contributed by atoms with van der Waals surface area (Å²) in [6.45, 7) is 0. The number of rotatable bonds is 2. The Morgan fingerprint density at radius 2 is 1.89 bits per heavy atom. The zero-order chi connectivity index (χ0) is 14.0. The lowest BCUT2D eigenvalue weighted by molar-refractivity contribution is 0.102. The van der Waals surface area contributed by atoms with Gasteiger partial charge in [-0.3, -0.25) is 4.79 Å². The van der Waals surface area contributed by atoms with Gasteiger partial charge >= 0.3 is 0 Å². The lowest BCUT2D eigenvalue weighted by Crippen LogP contribution is -2.12. The summed E-state index contributed by atoms with van der Waals surface area (Å²) in [5, 5.41) is 12.2.